The number of nitrogens with one attached hydrogen (secondary N) is 1. The van der Waals surface area contributed by atoms with Crippen LogP contribution in [0.2, 0.25) is 0 Å². The van der Waals surface area contributed by atoms with E-state index in [2.05, 4.69) is 41.5 Å². The fraction of sp³-hybridized carbons (Fsp3) is 0.267. The lowest BCUT2D eigenvalue weighted by Crippen LogP contribution is -2.22. The Morgan fingerprint density at radius 2 is 1.89 bits per heavy atom. The molecule has 0 aliphatic carbocycles. The lowest BCUT2D eigenvalue weighted by Gasteiger charge is -2.18. The van der Waals surface area contributed by atoms with Crippen molar-refractivity contribution in [2.75, 3.05) is 6.54 Å². The summed E-state index contributed by atoms with van der Waals surface area (Å²) in [4.78, 5) is 4.16. The van der Waals surface area contributed by atoms with Crippen LogP contribution in [-0.4, -0.2) is 11.5 Å². The molecule has 18 heavy (non-hydrogen) atoms. The SMILES string of the molecule is CCNC(c1ccc(C)cc1)c1ccc(F)cn1. The van der Waals surface area contributed by atoms with Gasteiger partial charge in [-0.1, -0.05) is 36.8 Å². The largest absolute Gasteiger partial charge is 0.305 e. The molecule has 1 aromatic carbocycles. The molecule has 2 nitrogen and oxygen atoms in total. The van der Waals surface area contributed by atoms with Crippen molar-refractivity contribution in [1.82, 2.24) is 10.3 Å². The summed E-state index contributed by atoms with van der Waals surface area (Å²) >= 11 is 0. The van der Waals surface area contributed by atoms with E-state index in [1.54, 1.807) is 6.07 Å². The van der Waals surface area contributed by atoms with Gasteiger partial charge in [0.25, 0.3) is 0 Å². The van der Waals surface area contributed by atoms with Crippen molar-refractivity contribution in [2.45, 2.75) is 19.9 Å². The summed E-state index contributed by atoms with van der Waals surface area (Å²) in [6, 6.07) is 11.5. The predicted molar refractivity (Wildman–Crippen MR) is 70.9 cm³/mol. The monoisotopic (exact) mass is 244 g/mol. The third-order valence-corrected chi connectivity index (χ3v) is 2.86. The van der Waals surface area contributed by atoms with Gasteiger partial charge in [-0.15, -0.1) is 0 Å². The van der Waals surface area contributed by atoms with Gasteiger partial charge >= 0.3 is 0 Å². The molecular formula is C15H17FN2. The highest BCUT2D eigenvalue weighted by molar-refractivity contribution is 5.30. The summed E-state index contributed by atoms with van der Waals surface area (Å²) in [6.07, 6.45) is 1.26. The molecule has 1 N–H and O–H groups in total. The minimum Gasteiger partial charge on any atom is -0.305 e. The van der Waals surface area contributed by atoms with E-state index in [9.17, 15) is 4.39 Å². The molecule has 3 heteroatoms. The Labute approximate surface area is 107 Å². The summed E-state index contributed by atoms with van der Waals surface area (Å²) in [7, 11) is 0. The van der Waals surface area contributed by atoms with E-state index < -0.39 is 0 Å². The standard InChI is InChI=1S/C15H17FN2/c1-3-17-15(12-6-4-11(2)5-7-12)14-9-8-13(16)10-18-14/h4-10,15,17H,3H2,1-2H3. The van der Waals surface area contributed by atoms with Crippen LogP contribution >= 0.6 is 0 Å². The van der Waals surface area contributed by atoms with E-state index in [0.29, 0.717) is 0 Å². The van der Waals surface area contributed by atoms with Crippen LogP contribution < -0.4 is 5.32 Å². The van der Waals surface area contributed by atoms with Gasteiger partial charge in [-0.2, -0.15) is 0 Å². The average molecular weight is 244 g/mol. The van der Waals surface area contributed by atoms with Crippen LogP contribution in [0.3, 0.4) is 0 Å². The maximum atomic E-state index is 12.9. The van der Waals surface area contributed by atoms with E-state index in [4.69, 9.17) is 0 Å². The minimum atomic E-state index is -0.307. The lowest BCUT2D eigenvalue weighted by atomic mass is 10.0. The Hall–Kier alpha value is -1.74. The quantitative estimate of drug-likeness (QED) is 0.893. The van der Waals surface area contributed by atoms with Gasteiger partial charge in [-0.05, 0) is 31.2 Å². The zero-order chi connectivity index (χ0) is 13.0. The van der Waals surface area contributed by atoms with Gasteiger partial charge in [-0.25, -0.2) is 4.39 Å². The Kier molecular flexibility index (Phi) is 4.05. The Morgan fingerprint density at radius 1 is 1.17 bits per heavy atom. The minimum absolute atomic E-state index is 0.0104. The van der Waals surface area contributed by atoms with Crippen LogP contribution in [0.25, 0.3) is 0 Å². The van der Waals surface area contributed by atoms with E-state index in [0.717, 1.165) is 17.8 Å². The molecule has 94 valence electrons. The number of benzene rings is 1. The first-order valence-corrected chi connectivity index (χ1v) is 6.12. The molecule has 0 saturated heterocycles. The summed E-state index contributed by atoms with van der Waals surface area (Å²) in [5, 5.41) is 3.37. The van der Waals surface area contributed by atoms with Crippen LogP contribution in [0.4, 0.5) is 4.39 Å². The molecule has 0 bridgehead atoms. The molecule has 0 fully saturated rings. The van der Waals surface area contributed by atoms with Crippen molar-refractivity contribution in [3.05, 3.63) is 65.2 Å². The second kappa shape index (κ2) is 5.74. The number of aromatic nitrogens is 1. The van der Waals surface area contributed by atoms with E-state index in [1.165, 1.54) is 17.8 Å². The molecule has 0 radical (unpaired) electrons. The molecule has 0 spiro atoms. The molecule has 0 aliphatic heterocycles. The van der Waals surface area contributed by atoms with Crippen LogP contribution in [0.1, 0.15) is 29.8 Å². The second-order valence-corrected chi connectivity index (χ2v) is 4.30. The van der Waals surface area contributed by atoms with Gasteiger partial charge in [0.2, 0.25) is 0 Å². The van der Waals surface area contributed by atoms with Gasteiger partial charge in [-0.3, -0.25) is 4.98 Å². The molecule has 1 aromatic heterocycles. The van der Waals surface area contributed by atoms with Gasteiger partial charge < -0.3 is 5.32 Å². The van der Waals surface area contributed by atoms with E-state index in [-0.39, 0.29) is 11.9 Å². The highest BCUT2D eigenvalue weighted by atomic mass is 19.1. The fourth-order valence-corrected chi connectivity index (χ4v) is 1.91. The molecule has 2 rings (SSSR count). The summed E-state index contributed by atoms with van der Waals surface area (Å²) in [5.74, 6) is -0.307. The van der Waals surface area contributed by atoms with Gasteiger partial charge in [0.05, 0.1) is 17.9 Å². The first-order valence-electron chi connectivity index (χ1n) is 6.12. The summed E-state index contributed by atoms with van der Waals surface area (Å²) in [5.41, 5.74) is 3.20. The second-order valence-electron chi connectivity index (χ2n) is 4.30. The lowest BCUT2D eigenvalue weighted by molar-refractivity contribution is 0.594. The number of rotatable bonds is 4. The number of halogens is 1. The number of aryl methyl sites for hydroxylation is 1. The molecule has 1 unspecified atom stereocenters. The average Bonchev–Trinajstić information content (AvgIpc) is 2.39. The highest BCUT2D eigenvalue weighted by Crippen LogP contribution is 2.20. The molecule has 1 atom stereocenters. The van der Waals surface area contributed by atoms with Crippen molar-refractivity contribution in [1.29, 1.82) is 0 Å². The first-order chi connectivity index (χ1) is 8.70. The maximum absolute atomic E-state index is 12.9. The Morgan fingerprint density at radius 3 is 2.44 bits per heavy atom. The van der Waals surface area contributed by atoms with Gasteiger partial charge in [0, 0.05) is 0 Å². The van der Waals surface area contributed by atoms with Gasteiger partial charge in [0.1, 0.15) is 5.82 Å². The molecule has 0 aliphatic rings. The normalized spacial score (nSPS) is 12.4. The predicted octanol–water partition coefficient (Wildman–Crippen LogP) is 3.23. The highest BCUT2D eigenvalue weighted by Gasteiger charge is 2.13. The smallest absolute Gasteiger partial charge is 0.141 e. The Balaban J connectivity index is 2.33. The molecule has 1 heterocycles. The molecular weight excluding hydrogens is 227 g/mol. The number of hydrogen-bond acceptors (Lipinski definition) is 2. The third kappa shape index (κ3) is 2.93. The molecule has 0 amide bonds. The molecule has 0 saturated carbocycles. The topological polar surface area (TPSA) is 24.9 Å². The summed E-state index contributed by atoms with van der Waals surface area (Å²) < 4.78 is 12.9. The summed E-state index contributed by atoms with van der Waals surface area (Å²) in [6.45, 7) is 4.94. The van der Waals surface area contributed by atoms with Crippen LogP contribution in [0.15, 0.2) is 42.6 Å². The van der Waals surface area contributed by atoms with Gasteiger partial charge in [0.15, 0.2) is 0 Å². The van der Waals surface area contributed by atoms with Crippen molar-refractivity contribution in [3.63, 3.8) is 0 Å². The van der Waals surface area contributed by atoms with E-state index >= 15 is 0 Å². The Bertz CT molecular complexity index is 445. The zero-order valence-corrected chi connectivity index (χ0v) is 10.7. The van der Waals surface area contributed by atoms with Crippen molar-refractivity contribution in [3.8, 4) is 0 Å². The van der Waals surface area contributed by atoms with Crippen LogP contribution in [0.5, 0.6) is 0 Å². The first kappa shape index (κ1) is 12.7. The fourth-order valence-electron chi connectivity index (χ4n) is 1.91. The maximum Gasteiger partial charge on any atom is 0.141 e. The van der Waals surface area contributed by atoms with Crippen molar-refractivity contribution >= 4 is 0 Å². The van der Waals surface area contributed by atoms with Crippen molar-refractivity contribution in [2.24, 2.45) is 0 Å². The third-order valence-electron chi connectivity index (χ3n) is 2.86. The number of nitrogens with zero attached hydrogens (tertiary/aromatic N) is 1. The van der Waals surface area contributed by atoms with Crippen LogP contribution in [0, 0.1) is 12.7 Å². The van der Waals surface area contributed by atoms with E-state index in [1.807, 2.05) is 6.92 Å². The number of pyridine rings is 1. The van der Waals surface area contributed by atoms with Crippen LogP contribution in [-0.2, 0) is 0 Å². The van der Waals surface area contributed by atoms with Crippen molar-refractivity contribution < 1.29 is 4.39 Å². The molecule has 2 aromatic rings. The number of hydrogen-bond donors (Lipinski definition) is 1. The zero-order valence-electron chi connectivity index (χ0n) is 10.7.